The van der Waals surface area contributed by atoms with Crippen LogP contribution in [0.25, 0.3) is 32.9 Å². The number of aliphatic hydroxyl groups is 1. The van der Waals surface area contributed by atoms with Crippen LogP contribution in [0, 0.1) is 19.3 Å². The number of nitrogens with one attached hydrogen (secondary N) is 2. The Balaban J connectivity index is 1.52. The summed E-state index contributed by atoms with van der Waals surface area (Å²) in [5, 5.41) is 19.9. The van der Waals surface area contributed by atoms with Crippen LogP contribution < -0.4 is 15.4 Å². The molecule has 1 aromatic heterocycles. The zero-order chi connectivity index (χ0) is 26.6. The van der Waals surface area contributed by atoms with E-state index < -0.39 is 5.91 Å². The molecule has 2 heterocycles. The van der Waals surface area contributed by atoms with Crippen molar-refractivity contribution < 1.29 is 14.6 Å². The van der Waals surface area contributed by atoms with Gasteiger partial charge in [-0.25, -0.2) is 0 Å². The molecule has 5 N–H and O–H groups in total. The van der Waals surface area contributed by atoms with Crippen LogP contribution in [-0.4, -0.2) is 35.0 Å². The van der Waals surface area contributed by atoms with Gasteiger partial charge in [-0.1, -0.05) is 35.9 Å². The van der Waals surface area contributed by atoms with E-state index in [4.69, 9.17) is 21.0 Å². The second-order valence-electron chi connectivity index (χ2n) is 9.72. The maximum absolute atomic E-state index is 12.3. The minimum absolute atomic E-state index is 0.0739. The molecule has 0 bridgehead atoms. The molecule has 1 aliphatic heterocycles. The van der Waals surface area contributed by atoms with Crippen molar-refractivity contribution in [1.82, 2.24) is 4.98 Å². The predicted octanol–water partition coefficient (Wildman–Crippen LogP) is 5.42. The van der Waals surface area contributed by atoms with Crippen molar-refractivity contribution in [3.63, 3.8) is 0 Å². The highest BCUT2D eigenvalue weighted by atomic mass is 16.5. The quantitative estimate of drug-likeness (QED) is 0.247. The average molecular weight is 505 g/mol. The monoisotopic (exact) mass is 504 g/mol. The number of ether oxygens (including phenoxy) is 1. The lowest BCUT2D eigenvalue weighted by atomic mass is 9.93. The van der Waals surface area contributed by atoms with Gasteiger partial charge in [-0.15, -0.1) is 0 Å². The van der Waals surface area contributed by atoms with Gasteiger partial charge in [0.05, 0.1) is 29.7 Å². The molecule has 0 radical (unpaired) electrons. The number of hydrogen-bond donors (Lipinski definition) is 4. The van der Waals surface area contributed by atoms with Crippen molar-refractivity contribution in [2.24, 2.45) is 5.73 Å². The Labute approximate surface area is 220 Å². The second-order valence-corrected chi connectivity index (χ2v) is 9.72. The SMILES string of the molecule is Cc1ccc2c(c1)C(=N)N(c1cccc(-c3ccc(C(N)=O)c4[nH]c5cc(OCCO)ccc5c34)c1C)C2. The first kappa shape index (κ1) is 23.8. The molecule has 0 fully saturated rings. The topological polar surface area (TPSA) is 115 Å². The van der Waals surface area contributed by atoms with Gasteiger partial charge < -0.3 is 25.5 Å². The number of hydrogen-bond acceptors (Lipinski definition) is 4. The van der Waals surface area contributed by atoms with Gasteiger partial charge in [-0.05, 0) is 66.4 Å². The normalized spacial score (nSPS) is 12.9. The van der Waals surface area contributed by atoms with E-state index in [1.54, 1.807) is 6.07 Å². The number of benzene rings is 4. The highest BCUT2D eigenvalue weighted by molar-refractivity contribution is 6.20. The Bertz CT molecular complexity index is 1770. The molecule has 190 valence electrons. The van der Waals surface area contributed by atoms with Crippen molar-refractivity contribution in [3.05, 3.63) is 94.5 Å². The number of rotatable bonds is 6. The number of aryl methyl sites for hydroxylation is 1. The van der Waals surface area contributed by atoms with Crippen LogP contribution in [0.15, 0.2) is 66.7 Å². The van der Waals surface area contributed by atoms with E-state index in [-0.39, 0.29) is 13.2 Å². The summed E-state index contributed by atoms with van der Waals surface area (Å²) < 4.78 is 5.60. The lowest BCUT2D eigenvalue weighted by molar-refractivity contribution is 0.100. The molecule has 4 aromatic carbocycles. The van der Waals surface area contributed by atoms with Crippen LogP contribution in [0.4, 0.5) is 5.69 Å². The first-order valence-electron chi connectivity index (χ1n) is 12.5. The number of nitrogens with zero attached hydrogens (tertiary/aromatic N) is 1. The molecular weight excluding hydrogens is 476 g/mol. The molecule has 0 unspecified atom stereocenters. The van der Waals surface area contributed by atoms with Crippen LogP contribution in [0.3, 0.4) is 0 Å². The van der Waals surface area contributed by atoms with Gasteiger partial charge in [0.25, 0.3) is 5.91 Å². The zero-order valence-electron chi connectivity index (χ0n) is 21.3. The van der Waals surface area contributed by atoms with Crippen LogP contribution in [-0.2, 0) is 6.54 Å². The van der Waals surface area contributed by atoms with Crippen LogP contribution >= 0.6 is 0 Å². The van der Waals surface area contributed by atoms with Gasteiger partial charge in [0.2, 0.25) is 0 Å². The third-order valence-corrected chi connectivity index (χ3v) is 7.36. The van der Waals surface area contributed by atoms with Crippen molar-refractivity contribution in [2.75, 3.05) is 18.1 Å². The summed E-state index contributed by atoms with van der Waals surface area (Å²) in [6.45, 7) is 4.90. The van der Waals surface area contributed by atoms with Gasteiger partial charge in [-0.3, -0.25) is 10.2 Å². The van der Waals surface area contributed by atoms with Crippen LogP contribution in [0.5, 0.6) is 5.75 Å². The van der Waals surface area contributed by atoms with Gasteiger partial charge >= 0.3 is 0 Å². The van der Waals surface area contributed by atoms with Gasteiger partial charge in [0.15, 0.2) is 0 Å². The maximum atomic E-state index is 12.3. The predicted molar refractivity (Wildman–Crippen MR) is 151 cm³/mol. The summed E-state index contributed by atoms with van der Waals surface area (Å²) in [5.74, 6) is 0.621. The minimum atomic E-state index is -0.506. The molecule has 6 rings (SSSR count). The molecule has 0 saturated heterocycles. The van der Waals surface area contributed by atoms with Gasteiger partial charge in [-0.2, -0.15) is 0 Å². The molecule has 7 nitrogen and oxygen atoms in total. The number of aliphatic hydroxyl groups excluding tert-OH is 1. The Kier molecular flexibility index (Phi) is 5.65. The molecule has 0 spiro atoms. The fourth-order valence-electron chi connectivity index (χ4n) is 5.53. The summed E-state index contributed by atoms with van der Waals surface area (Å²) in [7, 11) is 0. The highest BCUT2D eigenvalue weighted by Crippen LogP contribution is 2.41. The van der Waals surface area contributed by atoms with Crippen molar-refractivity contribution >= 4 is 39.2 Å². The standard InChI is InChI=1S/C31H28N4O3/c1-17-6-7-19-16-35(30(32)25(19)14-17)27-5-3-4-21(18(27)2)22-10-11-24(31(33)37)29-28(22)23-9-8-20(38-13-12-36)15-26(23)34-29/h3-11,14-15,32,34,36H,12-13,16H2,1-2H3,(H2,33,37). The Morgan fingerprint density at radius 1 is 1.05 bits per heavy atom. The lowest BCUT2D eigenvalue weighted by Crippen LogP contribution is -2.24. The molecule has 0 atom stereocenters. The number of H-pyrrole nitrogens is 1. The van der Waals surface area contributed by atoms with E-state index in [0.29, 0.717) is 29.2 Å². The minimum Gasteiger partial charge on any atom is -0.491 e. The molecule has 0 saturated carbocycles. The fraction of sp³-hybridized carbons (Fsp3) is 0.161. The number of anilines is 1. The largest absolute Gasteiger partial charge is 0.491 e. The highest BCUT2D eigenvalue weighted by Gasteiger charge is 2.27. The first-order valence-corrected chi connectivity index (χ1v) is 12.5. The number of amidine groups is 1. The Hall–Kier alpha value is -4.62. The lowest BCUT2D eigenvalue weighted by Gasteiger charge is -2.22. The number of aromatic nitrogens is 1. The van der Waals surface area contributed by atoms with Crippen LogP contribution in [0.2, 0.25) is 0 Å². The molecule has 0 aliphatic carbocycles. The van der Waals surface area contributed by atoms with Crippen molar-refractivity contribution in [3.8, 4) is 16.9 Å². The molecule has 5 aromatic rings. The molecule has 7 heteroatoms. The maximum Gasteiger partial charge on any atom is 0.250 e. The number of nitrogens with two attached hydrogens (primary N) is 1. The summed E-state index contributed by atoms with van der Waals surface area (Å²) in [4.78, 5) is 17.8. The summed E-state index contributed by atoms with van der Waals surface area (Å²) in [6, 6.07) is 21.8. The molecule has 38 heavy (non-hydrogen) atoms. The molecule has 1 amide bonds. The number of carbonyl (C=O) groups excluding carboxylic acids is 1. The van der Waals surface area contributed by atoms with Crippen molar-refractivity contribution in [2.45, 2.75) is 20.4 Å². The third kappa shape index (κ3) is 3.71. The third-order valence-electron chi connectivity index (χ3n) is 7.36. The Morgan fingerprint density at radius 3 is 2.68 bits per heavy atom. The van der Waals surface area contributed by atoms with E-state index in [2.05, 4.69) is 47.1 Å². The van der Waals surface area contributed by atoms with Gasteiger partial charge in [0.1, 0.15) is 18.2 Å². The number of aromatic amines is 1. The first-order chi connectivity index (χ1) is 18.4. The van der Waals surface area contributed by atoms with Crippen molar-refractivity contribution in [1.29, 1.82) is 5.41 Å². The van der Waals surface area contributed by atoms with E-state index in [9.17, 15) is 4.79 Å². The Morgan fingerprint density at radius 2 is 1.89 bits per heavy atom. The second kappa shape index (κ2) is 9.04. The number of fused-ring (bicyclic) bond motifs is 4. The van der Waals surface area contributed by atoms with E-state index in [0.717, 1.165) is 55.4 Å². The number of amides is 1. The summed E-state index contributed by atoms with van der Waals surface area (Å²) >= 11 is 0. The summed E-state index contributed by atoms with van der Waals surface area (Å²) in [6.07, 6.45) is 0. The molecule has 1 aliphatic rings. The van der Waals surface area contributed by atoms with E-state index in [1.807, 2.05) is 37.3 Å². The van der Waals surface area contributed by atoms with Gasteiger partial charge in [0, 0.05) is 28.1 Å². The number of carbonyl (C=O) groups is 1. The average Bonchev–Trinajstić information content (AvgIpc) is 3.44. The number of primary amides is 1. The zero-order valence-corrected chi connectivity index (χ0v) is 21.3. The molecular formula is C31H28N4O3. The fourth-order valence-corrected chi connectivity index (χ4v) is 5.53. The van der Waals surface area contributed by atoms with E-state index >= 15 is 0 Å². The summed E-state index contributed by atoms with van der Waals surface area (Å²) in [5.41, 5.74) is 14.9. The smallest absolute Gasteiger partial charge is 0.250 e. The van der Waals surface area contributed by atoms with E-state index in [1.165, 1.54) is 0 Å². The van der Waals surface area contributed by atoms with Crippen LogP contribution in [0.1, 0.15) is 32.6 Å².